The highest BCUT2D eigenvalue weighted by molar-refractivity contribution is 5.97. The molecule has 0 aliphatic carbocycles. The quantitative estimate of drug-likeness (QED) is 0.602. The predicted molar refractivity (Wildman–Crippen MR) is 115 cm³/mol. The van der Waals surface area contributed by atoms with E-state index in [1.807, 2.05) is 36.4 Å². The van der Waals surface area contributed by atoms with Crippen molar-refractivity contribution in [2.75, 3.05) is 14.2 Å². The van der Waals surface area contributed by atoms with E-state index in [4.69, 9.17) is 9.47 Å². The Morgan fingerprint density at radius 3 is 1.37 bits per heavy atom. The largest absolute Gasteiger partial charge is 0.496 e. The molecule has 0 heterocycles. The highest BCUT2D eigenvalue weighted by atomic mass is 16.5. The Kier molecular flexibility index (Phi) is 7.05. The SMILES string of the molecule is COc1ccccc1C(=O)NCc1ccc(CNC(=O)c2ccccc2OC)cc1. The summed E-state index contributed by atoms with van der Waals surface area (Å²) in [7, 11) is 3.08. The number of ether oxygens (including phenoxy) is 2. The number of rotatable bonds is 8. The highest BCUT2D eigenvalue weighted by Gasteiger charge is 2.12. The number of hydrogen-bond donors (Lipinski definition) is 2. The van der Waals surface area contributed by atoms with Gasteiger partial charge in [-0.2, -0.15) is 0 Å². The minimum atomic E-state index is -0.194. The molecule has 0 saturated heterocycles. The summed E-state index contributed by atoms with van der Waals surface area (Å²) in [5.74, 6) is 0.688. The fourth-order valence-electron chi connectivity index (χ4n) is 2.99. The Morgan fingerprint density at radius 2 is 1.00 bits per heavy atom. The summed E-state index contributed by atoms with van der Waals surface area (Å²) in [6.07, 6.45) is 0. The number of hydrogen-bond acceptors (Lipinski definition) is 4. The minimum absolute atomic E-state index is 0.194. The van der Waals surface area contributed by atoms with E-state index in [0.29, 0.717) is 35.7 Å². The van der Waals surface area contributed by atoms with Gasteiger partial charge in [-0.1, -0.05) is 48.5 Å². The van der Waals surface area contributed by atoms with E-state index in [1.165, 1.54) is 14.2 Å². The first-order valence-electron chi connectivity index (χ1n) is 9.52. The molecule has 0 saturated carbocycles. The lowest BCUT2D eigenvalue weighted by Crippen LogP contribution is -2.24. The molecule has 3 rings (SSSR count). The molecule has 2 N–H and O–H groups in total. The number of para-hydroxylation sites is 2. The maximum atomic E-state index is 12.4. The van der Waals surface area contributed by atoms with Crippen LogP contribution in [-0.4, -0.2) is 26.0 Å². The lowest BCUT2D eigenvalue weighted by Gasteiger charge is -2.11. The Morgan fingerprint density at radius 1 is 0.633 bits per heavy atom. The second-order valence-corrected chi connectivity index (χ2v) is 6.58. The molecule has 0 aliphatic rings. The average molecular weight is 404 g/mol. The molecule has 0 aliphatic heterocycles. The van der Waals surface area contributed by atoms with Gasteiger partial charge in [-0.05, 0) is 35.4 Å². The summed E-state index contributed by atoms with van der Waals surface area (Å²) in [6.45, 7) is 0.787. The third-order valence-corrected chi connectivity index (χ3v) is 4.63. The lowest BCUT2D eigenvalue weighted by molar-refractivity contribution is 0.0939. The van der Waals surface area contributed by atoms with Crippen LogP contribution in [0.25, 0.3) is 0 Å². The Bertz CT molecular complexity index is 933. The topological polar surface area (TPSA) is 76.7 Å². The average Bonchev–Trinajstić information content (AvgIpc) is 2.81. The van der Waals surface area contributed by atoms with Gasteiger partial charge in [0, 0.05) is 13.1 Å². The standard InChI is InChI=1S/C24H24N2O4/c1-29-21-9-5-3-7-19(21)23(27)25-15-17-11-13-18(14-12-17)16-26-24(28)20-8-4-6-10-22(20)30-2/h3-14H,15-16H2,1-2H3,(H,25,27)(H,26,28). The predicted octanol–water partition coefficient (Wildman–Crippen LogP) is 3.56. The number of nitrogens with one attached hydrogen (secondary N) is 2. The first-order valence-corrected chi connectivity index (χ1v) is 9.52. The zero-order valence-corrected chi connectivity index (χ0v) is 17.0. The van der Waals surface area contributed by atoms with Crippen LogP contribution in [0.15, 0.2) is 72.8 Å². The van der Waals surface area contributed by atoms with Gasteiger partial charge in [0.2, 0.25) is 0 Å². The monoisotopic (exact) mass is 404 g/mol. The molecule has 3 aromatic rings. The van der Waals surface area contributed by atoms with Gasteiger partial charge in [-0.15, -0.1) is 0 Å². The van der Waals surface area contributed by atoms with Gasteiger partial charge in [0.25, 0.3) is 11.8 Å². The summed E-state index contributed by atoms with van der Waals surface area (Å²) in [4.78, 5) is 24.8. The zero-order chi connectivity index (χ0) is 21.3. The molecule has 3 aromatic carbocycles. The molecule has 154 valence electrons. The van der Waals surface area contributed by atoms with E-state index in [-0.39, 0.29) is 11.8 Å². The fraction of sp³-hybridized carbons (Fsp3) is 0.167. The third-order valence-electron chi connectivity index (χ3n) is 4.63. The van der Waals surface area contributed by atoms with Crippen molar-refractivity contribution in [3.8, 4) is 11.5 Å². The molecule has 0 atom stereocenters. The molecule has 0 unspecified atom stereocenters. The molecule has 0 spiro atoms. The maximum Gasteiger partial charge on any atom is 0.255 e. The molecule has 30 heavy (non-hydrogen) atoms. The first kappa shape index (κ1) is 20.9. The van der Waals surface area contributed by atoms with E-state index in [1.54, 1.807) is 36.4 Å². The van der Waals surface area contributed by atoms with Crippen molar-refractivity contribution in [1.29, 1.82) is 0 Å². The van der Waals surface area contributed by atoms with Crippen LogP contribution in [0.1, 0.15) is 31.8 Å². The molecule has 0 fully saturated rings. The van der Waals surface area contributed by atoms with Gasteiger partial charge < -0.3 is 20.1 Å². The van der Waals surface area contributed by atoms with Crippen molar-refractivity contribution in [1.82, 2.24) is 10.6 Å². The van der Waals surface area contributed by atoms with Gasteiger partial charge in [0.15, 0.2) is 0 Å². The van der Waals surface area contributed by atoms with E-state index in [9.17, 15) is 9.59 Å². The van der Waals surface area contributed by atoms with Crippen molar-refractivity contribution >= 4 is 11.8 Å². The smallest absolute Gasteiger partial charge is 0.255 e. The van der Waals surface area contributed by atoms with Gasteiger partial charge >= 0.3 is 0 Å². The Hall–Kier alpha value is -3.80. The van der Waals surface area contributed by atoms with Gasteiger partial charge in [-0.25, -0.2) is 0 Å². The van der Waals surface area contributed by atoms with Crippen LogP contribution in [0.2, 0.25) is 0 Å². The van der Waals surface area contributed by atoms with E-state index in [2.05, 4.69) is 10.6 Å². The summed E-state index contributed by atoms with van der Waals surface area (Å²) >= 11 is 0. The van der Waals surface area contributed by atoms with Gasteiger partial charge in [0.1, 0.15) is 11.5 Å². The van der Waals surface area contributed by atoms with E-state index in [0.717, 1.165) is 11.1 Å². The molecule has 2 amide bonds. The summed E-state index contributed by atoms with van der Waals surface area (Å²) in [5, 5.41) is 5.78. The molecule has 0 bridgehead atoms. The second kappa shape index (κ2) is 10.1. The van der Waals surface area contributed by atoms with Crippen molar-refractivity contribution in [2.24, 2.45) is 0 Å². The molecule has 0 radical (unpaired) electrons. The first-order chi connectivity index (χ1) is 14.6. The number of carbonyl (C=O) groups excluding carboxylic acids is 2. The van der Waals surface area contributed by atoms with Gasteiger partial charge in [-0.3, -0.25) is 9.59 Å². The van der Waals surface area contributed by atoms with E-state index < -0.39 is 0 Å². The third kappa shape index (κ3) is 5.17. The minimum Gasteiger partial charge on any atom is -0.496 e. The Labute approximate surface area is 175 Å². The maximum absolute atomic E-state index is 12.4. The Balaban J connectivity index is 1.54. The summed E-state index contributed by atoms with van der Waals surface area (Å²) in [6, 6.07) is 21.9. The molecular weight excluding hydrogens is 380 g/mol. The van der Waals surface area contributed by atoms with Crippen LogP contribution >= 0.6 is 0 Å². The van der Waals surface area contributed by atoms with Crippen LogP contribution in [0, 0.1) is 0 Å². The molecule has 6 nitrogen and oxygen atoms in total. The normalized spacial score (nSPS) is 10.2. The van der Waals surface area contributed by atoms with E-state index >= 15 is 0 Å². The van der Waals surface area contributed by atoms with Crippen LogP contribution in [-0.2, 0) is 13.1 Å². The molecule has 6 heteroatoms. The number of methoxy groups -OCH3 is 2. The van der Waals surface area contributed by atoms with Crippen molar-refractivity contribution in [3.63, 3.8) is 0 Å². The van der Waals surface area contributed by atoms with Crippen LogP contribution < -0.4 is 20.1 Å². The van der Waals surface area contributed by atoms with Crippen LogP contribution in [0.3, 0.4) is 0 Å². The highest BCUT2D eigenvalue weighted by Crippen LogP contribution is 2.18. The number of amides is 2. The summed E-state index contributed by atoms with van der Waals surface area (Å²) < 4.78 is 10.4. The van der Waals surface area contributed by atoms with Gasteiger partial charge in [0.05, 0.1) is 25.3 Å². The van der Waals surface area contributed by atoms with Crippen LogP contribution in [0.4, 0.5) is 0 Å². The lowest BCUT2D eigenvalue weighted by atomic mass is 10.1. The summed E-state index contributed by atoms with van der Waals surface area (Å²) in [5.41, 5.74) is 2.91. The number of carbonyl (C=O) groups is 2. The van der Waals surface area contributed by atoms with Crippen LogP contribution in [0.5, 0.6) is 11.5 Å². The van der Waals surface area contributed by atoms with Crippen molar-refractivity contribution < 1.29 is 19.1 Å². The number of benzene rings is 3. The molecular formula is C24H24N2O4. The second-order valence-electron chi connectivity index (χ2n) is 6.58. The van der Waals surface area contributed by atoms with Crippen molar-refractivity contribution in [2.45, 2.75) is 13.1 Å². The molecule has 0 aromatic heterocycles. The zero-order valence-electron chi connectivity index (χ0n) is 17.0. The fourth-order valence-corrected chi connectivity index (χ4v) is 2.99. The van der Waals surface area contributed by atoms with Crippen molar-refractivity contribution in [3.05, 3.63) is 95.1 Å².